The first-order chi connectivity index (χ1) is 2.73. The van der Waals surface area contributed by atoms with E-state index in [1.807, 2.05) is 0 Å². The Labute approximate surface area is 58.3 Å². The molecule has 0 rings (SSSR count). The Morgan fingerprint density at radius 1 is 1.17 bits per heavy atom. The van der Waals surface area contributed by atoms with Gasteiger partial charge in [0.05, 0.1) is 0 Å². The molecule has 6 heavy (non-hydrogen) atoms. The first-order valence-electron chi connectivity index (χ1n) is 1.01. The van der Waals surface area contributed by atoms with E-state index in [0.717, 1.165) is 7.11 Å². The van der Waals surface area contributed by atoms with E-state index in [-0.39, 0.29) is 0 Å². The van der Waals surface area contributed by atoms with E-state index in [0.29, 0.717) is 0 Å². The van der Waals surface area contributed by atoms with Gasteiger partial charge in [0.2, 0.25) is 0 Å². The summed E-state index contributed by atoms with van der Waals surface area (Å²) in [7, 11) is 1.00. The molecule has 0 bridgehead atoms. The molecular formula is CH4Cl3NdO. The minimum atomic E-state index is -2.24. The van der Waals surface area contributed by atoms with E-state index in [4.69, 9.17) is 22.5 Å². The van der Waals surface area contributed by atoms with Crippen molar-refractivity contribution in [1.29, 1.82) is 0 Å². The Morgan fingerprint density at radius 2 is 1.17 bits per heavy atom. The normalized spacial score (nSPS) is 5.50. The molecular weight excluding hydrogens is 279 g/mol. The quantitative estimate of drug-likeness (QED) is 0.717. The van der Waals surface area contributed by atoms with Gasteiger partial charge in [0.15, 0.2) is 0 Å². The van der Waals surface area contributed by atoms with Crippen LogP contribution in [0, 0.1) is 29.9 Å². The maximum atomic E-state index is 7.00. The van der Waals surface area contributed by atoms with Crippen molar-refractivity contribution in [3.8, 4) is 0 Å². The fourth-order valence-electron chi connectivity index (χ4n) is 0. The zero-order valence-corrected chi connectivity index (χ0v) is 8.56. The number of hydrogen-bond donors (Lipinski definition) is 1. The van der Waals surface area contributed by atoms with Crippen LogP contribution < -0.4 is 0 Å². The average Bonchev–Trinajstić information content (AvgIpc) is 1.41. The molecule has 0 aromatic carbocycles. The molecule has 0 atom stereocenters. The van der Waals surface area contributed by atoms with Gasteiger partial charge in [0, 0.05) is 7.11 Å². The number of aliphatic hydroxyl groups is 1. The van der Waals surface area contributed by atoms with E-state index in [1.165, 1.54) is 0 Å². The summed E-state index contributed by atoms with van der Waals surface area (Å²) in [5.41, 5.74) is 0. The van der Waals surface area contributed by atoms with Gasteiger partial charge in [0.1, 0.15) is 0 Å². The molecule has 0 amide bonds. The SMILES string of the molecule is CO.[Cl][Nd]([Cl])[Cl]. The molecule has 0 aromatic rings. The summed E-state index contributed by atoms with van der Waals surface area (Å²) in [4.78, 5) is 0. The van der Waals surface area contributed by atoms with Gasteiger partial charge in [-0.05, 0) is 0 Å². The summed E-state index contributed by atoms with van der Waals surface area (Å²) in [6.07, 6.45) is 0. The van der Waals surface area contributed by atoms with Gasteiger partial charge in [0.25, 0.3) is 0 Å². The Balaban J connectivity index is 0. The Morgan fingerprint density at radius 3 is 1.17 bits per heavy atom. The fraction of sp³-hybridized carbons (Fsp3) is 1.00. The van der Waals surface area contributed by atoms with Crippen molar-refractivity contribution < 1.29 is 35.0 Å². The van der Waals surface area contributed by atoms with Crippen molar-refractivity contribution in [2.75, 3.05) is 7.11 Å². The Hall–Kier alpha value is 2.18. The zero-order chi connectivity index (χ0) is 5.58. The number of hydrogen-bond acceptors (Lipinski definition) is 1. The third kappa shape index (κ3) is 34.9. The molecule has 0 saturated heterocycles. The van der Waals surface area contributed by atoms with Crippen molar-refractivity contribution in [1.82, 2.24) is 0 Å². The van der Waals surface area contributed by atoms with E-state index in [1.54, 1.807) is 0 Å². The van der Waals surface area contributed by atoms with Crippen LogP contribution in [0.3, 0.4) is 0 Å². The molecule has 0 aliphatic heterocycles. The van der Waals surface area contributed by atoms with Crippen molar-refractivity contribution >= 4 is 17.4 Å². The van der Waals surface area contributed by atoms with Crippen molar-refractivity contribution in [3.63, 3.8) is 0 Å². The van der Waals surface area contributed by atoms with Gasteiger partial charge in [-0.25, -0.2) is 0 Å². The second kappa shape index (κ2) is 10.2. The van der Waals surface area contributed by atoms with E-state index in [2.05, 4.69) is 0 Å². The second-order valence-electron chi connectivity index (χ2n) is 0.214. The van der Waals surface area contributed by atoms with E-state index in [9.17, 15) is 0 Å². The predicted molar refractivity (Wildman–Crippen MR) is 25.7 cm³/mol. The fourth-order valence-corrected chi connectivity index (χ4v) is 0. The zero-order valence-electron chi connectivity index (χ0n) is 3.08. The minimum absolute atomic E-state index is 1.00. The average molecular weight is 283 g/mol. The predicted octanol–water partition coefficient (Wildman–Crippen LogP) is 1.68. The van der Waals surface area contributed by atoms with Crippen LogP contribution in [0.1, 0.15) is 0 Å². The van der Waals surface area contributed by atoms with E-state index < -0.39 is 29.9 Å². The molecule has 0 radical (unpaired) electrons. The summed E-state index contributed by atoms with van der Waals surface area (Å²) >= 11 is -2.24. The topological polar surface area (TPSA) is 20.2 Å². The third-order valence-electron chi connectivity index (χ3n) is 0. The van der Waals surface area contributed by atoms with Crippen LogP contribution >= 0.6 is 17.4 Å². The first-order valence-corrected chi connectivity index (χ1v) is 13.1. The molecule has 39 valence electrons. The molecule has 0 heterocycles. The Kier molecular flexibility index (Phi) is 18.8. The van der Waals surface area contributed by atoms with Gasteiger partial charge >= 0.3 is 47.3 Å². The van der Waals surface area contributed by atoms with Gasteiger partial charge < -0.3 is 5.11 Å². The molecule has 0 aliphatic carbocycles. The molecule has 1 nitrogen and oxygen atoms in total. The van der Waals surface area contributed by atoms with Crippen molar-refractivity contribution in [2.45, 2.75) is 0 Å². The van der Waals surface area contributed by atoms with Gasteiger partial charge in [-0.15, -0.1) is 0 Å². The van der Waals surface area contributed by atoms with Crippen LogP contribution in [0.5, 0.6) is 0 Å². The summed E-state index contributed by atoms with van der Waals surface area (Å²) in [6, 6.07) is 0. The van der Waals surface area contributed by atoms with Crippen LogP contribution in [0.4, 0.5) is 0 Å². The second-order valence-corrected chi connectivity index (χ2v) is 14.3. The number of aliphatic hydroxyl groups excluding tert-OH is 1. The van der Waals surface area contributed by atoms with Crippen molar-refractivity contribution in [2.24, 2.45) is 0 Å². The van der Waals surface area contributed by atoms with Crippen LogP contribution in [0.25, 0.3) is 0 Å². The summed E-state index contributed by atoms with van der Waals surface area (Å²) < 4.78 is 0. The monoisotopic (exact) mass is 279 g/mol. The van der Waals surface area contributed by atoms with E-state index >= 15 is 0 Å². The summed E-state index contributed by atoms with van der Waals surface area (Å²) in [6.45, 7) is 0. The molecule has 0 aromatic heterocycles. The van der Waals surface area contributed by atoms with Crippen LogP contribution in [0.2, 0.25) is 0 Å². The maximum absolute atomic E-state index is 7.00. The molecule has 0 aliphatic rings. The molecule has 0 unspecified atom stereocenters. The van der Waals surface area contributed by atoms with Gasteiger partial charge in [-0.2, -0.15) is 0 Å². The molecule has 0 saturated carbocycles. The molecule has 1 N–H and O–H groups in total. The van der Waals surface area contributed by atoms with Crippen molar-refractivity contribution in [3.05, 3.63) is 0 Å². The first kappa shape index (κ1) is 11.0. The van der Waals surface area contributed by atoms with Gasteiger partial charge in [-0.1, -0.05) is 0 Å². The number of rotatable bonds is 0. The Bertz CT molecular complexity index is 15.5. The van der Waals surface area contributed by atoms with Crippen LogP contribution in [0.15, 0.2) is 0 Å². The summed E-state index contributed by atoms with van der Waals surface area (Å²) in [5.74, 6) is 15.1. The van der Waals surface area contributed by atoms with Gasteiger partial charge in [-0.3, -0.25) is 0 Å². The van der Waals surface area contributed by atoms with Crippen LogP contribution in [-0.2, 0) is 0 Å². The molecule has 5 heteroatoms. The molecule has 0 spiro atoms. The number of halogens is 3. The molecule has 0 fully saturated rings. The standard InChI is InChI=1S/CH4O.3ClH.Nd/c1-2;;;;/h2H,1H3;3*1H;/q;;;;+3/p-3. The summed E-state index contributed by atoms with van der Waals surface area (Å²) in [5, 5.41) is 7.00. The van der Waals surface area contributed by atoms with Crippen LogP contribution in [-0.4, -0.2) is 12.2 Å². The third-order valence-corrected chi connectivity index (χ3v) is 0.